The first kappa shape index (κ1) is 14.6. The quantitative estimate of drug-likeness (QED) is 0.650. The van der Waals surface area contributed by atoms with Crippen LogP contribution in [0.2, 0.25) is 5.02 Å². The van der Waals surface area contributed by atoms with E-state index in [-0.39, 0.29) is 0 Å². The van der Waals surface area contributed by atoms with E-state index in [0.29, 0.717) is 11.4 Å². The van der Waals surface area contributed by atoms with Gasteiger partial charge in [0.1, 0.15) is 0 Å². The molecule has 1 N–H and O–H groups in total. The second kappa shape index (κ2) is 6.18. The normalized spacial score (nSPS) is 12.5. The fraction of sp³-hybridized carbons (Fsp3) is 0.111. The van der Waals surface area contributed by atoms with Crippen LogP contribution in [0.5, 0.6) is 0 Å². The predicted octanol–water partition coefficient (Wildman–Crippen LogP) is 5.53. The lowest BCUT2D eigenvalue weighted by Gasteiger charge is -2.13. The molecule has 1 nitrogen and oxygen atoms in total. The molecule has 0 spiro atoms. The second-order valence-electron chi connectivity index (χ2n) is 5.06. The van der Waals surface area contributed by atoms with Crippen LogP contribution in [0.25, 0.3) is 10.8 Å². The van der Waals surface area contributed by atoms with Crippen LogP contribution in [0.1, 0.15) is 17.2 Å². The average Bonchev–Trinajstić information content (AvgIpc) is 2.49. The Morgan fingerprint density at radius 3 is 2.48 bits per heavy atom. The third-order valence-corrected chi connectivity index (χ3v) is 4.44. The number of benzene rings is 3. The molecule has 3 heteroatoms. The molecule has 3 aromatic rings. The summed E-state index contributed by atoms with van der Waals surface area (Å²) in [6.45, 7) is 0. The first-order valence-electron chi connectivity index (χ1n) is 6.74. The summed E-state index contributed by atoms with van der Waals surface area (Å²) in [5.74, 6) is 0. The van der Waals surface area contributed by atoms with Crippen LogP contribution in [-0.4, -0.2) is 5.11 Å². The average molecular weight is 362 g/mol. The SMILES string of the molecule is OC(Cc1ccccc1Cl)c1ccc2cc(Br)ccc2c1. The van der Waals surface area contributed by atoms with Gasteiger partial charge in [0.2, 0.25) is 0 Å². The Hall–Kier alpha value is -1.35. The van der Waals surface area contributed by atoms with Crippen molar-refractivity contribution >= 4 is 38.3 Å². The molecule has 0 bridgehead atoms. The zero-order chi connectivity index (χ0) is 14.8. The van der Waals surface area contributed by atoms with Gasteiger partial charge < -0.3 is 5.11 Å². The Balaban J connectivity index is 1.89. The number of hydrogen-bond acceptors (Lipinski definition) is 1. The summed E-state index contributed by atoms with van der Waals surface area (Å²) in [6.07, 6.45) is -0.0419. The van der Waals surface area contributed by atoms with Crippen LogP contribution in [0.15, 0.2) is 65.1 Å². The summed E-state index contributed by atoms with van der Waals surface area (Å²) in [5.41, 5.74) is 1.87. The van der Waals surface area contributed by atoms with E-state index in [1.807, 2.05) is 54.6 Å². The Bertz CT molecular complexity index is 785. The van der Waals surface area contributed by atoms with Gasteiger partial charge >= 0.3 is 0 Å². The number of rotatable bonds is 3. The van der Waals surface area contributed by atoms with Crippen molar-refractivity contribution in [2.45, 2.75) is 12.5 Å². The van der Waals surface area contributed by atoms with Gasteiger partial charge in [-0.15, -0.1) is 0 Å². The lowest BCUT2D eigenvalue weighted by molar-refractivity contribution is 0.178. The molecule has 0 saturated heterocycles. The summed E-state index contributed by atoms with van der Waals surface area (Å²) < 4.78 is 1.05. The summed E-state index contributed by atoms with van der Waals surface area (Å²) in [7, 11) is 0. The maximum Gasteiger partial charge on any atom is 0.0831 e. The highest BCUT2D eigenvalue weighted by Gasteiger charge is 2.11. The van der Waals surface area contributed by atoms with E-state index >= 15 is 0 Å². The van der Waals surface area contributed by atoms with Crippen LogP contribution < -0.4 is 0 Å². The minimum Gasteiger partial charge on any atom is -0.388 e. The Morgan fingerprint density at radius 2 is 1.67 bits per heavy atom. The molecule has 0 aliphatic carbocycles. The van der Waals surface area contributed by atoms with Crippen molar-refractivity contribution in [1.82, 2.24) is 0 Å². The van der Waals surface area contributed by atoms with Crippen molar-refractivity contribution in [3.63, 3.8) is 0 Å². The zero-order valence-corrected chi connectivity index (χ0v) is 13.6. The van der Waals surface area contributed by atoms with E-state index < -0.39 is 6.10 Å². The smallest absolute Gasteiger partial charge is 0.0831 e. The summed E-state index contributed by atoms with van der Waals surface area (Å²) in [4.78, 5) is 0. The largest absolute Gasteiger partial charge is 0.388 e. The zero-order valence-electron chi connectivity index (χ0n) is 11.3. The van der Waals surface area contributed by atoms with E-state index in [4.69, 9.17) is 11.6 Å². The van der Waals surface area contributed by atoms with E-state index in [1.54, 1.807) is 0 Å². The highest BCUT2D eigenvalue weighted by atomic mass is 79.9. The molecule has 0 fully saturated rings. The number of halogens is 2. The van der Waals surface area contributed by atoms with Gasteiger partial charge in [-0.05, 0) is 46.2 Å². The molecule has 3 aromatic carbocycles. The molecule has 1 unspecified atom stereocenters. The number of fused-ring (bicyclic) bond motifs is 1. The lowest BCUT2D eigenvalue weighted by atomic mass is 9.99. The molecule has 21 heavy (non-hydrogen) atoms. The van der Waals surface area contributed by atoms with E-state index in [0.717, 1.165) is 26.4 Å². The van der Waals surface area contributed by atoms with Crippen LogP contribution in [-0.2, 0) is 6.42 Å². The van der Waals surface area contributed by atoms with E-state index in [9.17, 15) is 5.11 Å². The number of aliphatic hydroxyl groups is 1. The fourth-order valence-electron chi connectivity index (χ4n) is 2.43. The highest BCUT2D eigenvalue weighted by molar-refractivity contribution is 9.10. The van der Waals surface area contributed by atoms with Gasteiger partial charge in [-0.3, -0.25) is 0 Å². The molecule has 3 rings (SSSR count). The second-order valence-corrected chi connectivity index (χ2v) is 6.39. The van der Waals surface area contributed by atoms with Gasteiger partial charge in [-0.2, -0.15) is 0 Å². The Kier molecular flexibility index (Phi) is 4.29. The molecule has 0 heterocycles. The lowest BCUT2D eigenvalue weighted by Crippen LogP contribution is -2.02. The van der Waals surface area contributed by atoms with Crippen LogP contribution in [0, 0.1) is 0 Å². The Labute approximate surface area is 137 Å². The van der Waals surface area contributed by atoms with Crippen LogP contribution in [0.4, 0.5) is 0 Å². The molecule has 0 amide bonds. The maximum atomic E-state index is 10.4. The Morgan fingerprint density at radius 1 is 0.952 bits per heavy atom. The summed E-state index contributed by atoms with van der Waals surface area (Å²) in [5, 5.41) is 13.4. The van der Waals surface area contributed by atoms with Crippen molar-refractivity contribution < 1.29 is 5.11 Å². The summed E-state index contributed by atoms with van der Waals surface area (Å²) in [6, 6.07) is 19.8. The maximum absolute atomic E-state index is 10.4. The van der Waals surface area contributed by atoms with Crippen molar-refractivity contribution in [2.75, 3.05) is 0 Å². The molecule has 0 aliphatic heterocycles. The number of aliphatic hydroxyl groups excluding tert-OH is 1. The highest BCUT2D eigenvalue weighted by Crippen LogP contribution is 2.27. The first-order valence-corrected chi connectivity index (χ1v) is 7.91. The molecule has 0 saturated carbocycles. The predicted molar refractivity (Wildman–Crippen MR) is 91.8 cm³/mol. The molecule has 1 atom stereocenters. The summed E-state index contributed by atoms with van der Waals surface area (Å²) >= 11 is 9.62. The molecule has 106 valence electrons. The third kappa shape index (κ3) is 3.29. The van der Waals surface area contributed by atoms with E-state index in [2.05, 4.69) is 22.0 Å². The van der Waals surface area contributed by atoms with Gasteiger partial charge in [-0.25, -0.2) is 0 Å². The standard InChI is InChI=1S/C18H14BrClO/c19-16-8-7-12-9-15(6-5-13(12)10-16)18(21)11-14-3-1-2-4-17(14)20/h1-10,18,21H,11H2. The monoisotopic (exact) mass is 360 g/mol. The first-order chi connectivity index (χ1) is 10.1. The minimum absolute atomic E-state index is 0.516. The van der Waals surface area contributed by atoms with Crippen molar-refractivity contribution in [2.24, 2.45) is 0 Å². The molecule has 0 aromatic heterocycles. The van der Waals surface area contributed by atoms with Crippen molar-refractivity contribution in [3.05, 3.63) is 81.3 Å². The van der Waals surface area contributed by atoms with Crippen LogP contribution in [0.3, 0.4) is 0 Å². The van der Waals surface area contributed by atoms with Gasteiger partial charge in [0.05, 0.1) is 6.10 Å². The molecule has 0 radical (unpaired) electrons. The molecular formula is C18H14BrClO. The van der Waals surface area contributed by atoms with Gasteiger partial charge in [0.15, 0.2) is 0 Å². The van der Waals surface area contributed by atoms with Gasteiger partial charge in [0, 0.05) is 15.9 Å². The van der Waals surface area contributed by atoms with Crippen molar-refractivity contribution in [3.8, 4) is 0 Å². The van der Waals surface area contributed by atoms with Crippen LogP contribution >= 0.6 is 27.5 Å². The number of hydrogen-bond donors (Lipinski definition) is 1. The molecular weight excluding hydrogens is 348 g/mol. The topological polar surface area (TPSA) is 20.2 Å². The van der Waals surface area contributed by atoms with Gasteiger partial charge in [-0.1, -0.05) is 63.9 Å². The van der Waals surface area contributed by atoms with Gasteiger partial charge in [0.25, 0.3) is 0 Å². The minimum atomic E-state index is -0.557. The fourth-order valence-corrected chi connectivity index (χ4v) is 3.02. The van der Waals surface area contributed by atoms with Crippen molar-refractivity contribution in [1.29, 1.82) is 0 Å². The third-order valence-electron chi connectivity index (χ3n) is 3.58. The van der Waals surface area contributed by atoms with E-state index in [1.165, 1.54) is 0 Å². The molecule has 0 aliphatic rings.